The van der Waals surface area contributed by atoms with Gasteiger partial charge in [0.1, 0.15) is 0 Å². The van der Waals surface area contributed by atoms with Gasteiger partial charge in [0.25, 0.3) is 5.91 Å². The maximum absolute atomic E-state index is 13.5. The van der Waals surface area contributed by atoms with Crippen LogP contribution >= 0.6 is 11.6 Å². The Bertz CT molecular complexity index is 918. The van der Waals surface area contributed by atoms with Crippen molar-refractivity contribution >= 4 is 29.1 Å². The molecule has 3 heterocycles. The van der Waals surface area contributed by atoms with Gasteiger partial charge in [0.2, 0.25) is 5.91 Å². The molecule has 1 N–H and O–H groups in total. The maximum atomic E-state index is 13.5. The van der Waals surface area contributed by atoms with Crippen molar-refractivity contribution in [1.82, 2.24) is 14.8 Å². The molecule has 0 bridgehead atoms. The van der Waals surface area contributed by atoms with Gasteiger partial charge in [-0.1, -0.05) is 24.1 Å². The zero-order valence-corrected chi connectivity index (χ0v) is 16.7. The second-order valence-corrected chi connectivity index (χ2v) is 7.94. The van der Waals surface area contributed by atoms with Crippen molar-refractivity contribution in [3.63, 3.8) is 0 Å². The summed E-state index contributed by atoms with van der Waals surface area (Å²) in [7, 11) is 3.50. The first-order chi connectivity index (χ1) is 13.5. The average molecular weight is 399 g/mol. The number of rotatable bonds is 3. The summed E-state index contributed by atoms with van der Waals surface area (Å²) < 4.78 is 0. The highest BCUT2D eigenvalue weighted by Crippen LogP contribution is 2.48. The van der Waals surface area contributed by atoms with Crippen molar-refractivity contribution in [1.29, 1.82) is 0 Å². The van der Waals surface area contributed by atoms with E-state index in [1.807, 2.05) is 35.2 Å². The Morgan fingerprint density at radius 1 is 1.29 bits per heavy atom. The molecule has 28 heavy (non-hydrogen) atoms. The largest absolute Gasteiger partial charge is 0.347 e. The molecule has 1 aromatic heterocycles. The maximum Gasteiger partial charge on any atom is 0.255 e. The third kappa shape index (κ3) is 2.79. The van der Waals surface area contributed by atoms with E-state index >= 15 is 0 Å². The van der Waals surface area contributed by atoms with E-state index in [9.17, 15) is 9.59 Å². The summed E-state index contributed by atoms with van der Waals surface area (Å²) >= 11 is 6.32. The van der Waals surface area contributed by atoms with E-state index in [1.54, 1.807) is 31.3 Å². The Morgan fingerprint density at radius 3 is 2.82 bits per heavy atom. The lowest BCUT2D eigenvalue weighted by atomic mass is 9.81. The number of anilines is 1. The van der Waals surface area contributed by atoms with E-state index in [1.165, 1.54) is 0 Å². The Labute approximate surface area is 169 Å². The molecule has 4 rings (SSSR count). The number of aromatic nitrogens is 1. The zero-order chi connectivity index (χ0) is 19.9. The molecule has 2 aliphatic heterocycles. The number of likely N-dealkylation sites (N-methyl/N-ethyl adjacent to an activating group) is 1. The molecule has 0 aliphatic carbocycles. The number of pyridine rings is 1. The molecule has 1 fully saturated rings. The molecule has 1 saturated heterocycles. The number of fused-ring (bicyclic) bond motifs is 1. The van der Waals surface area contributed by atoms with E-state index in [4.69, 9.17) is 11.6 Å². The summed E-state index contributed by atoms with van der Waals surface area (Å²) in [6.07, 6.45) is 4.24. The van der Waals surface area contributed by atoms with Crippen molar-refractivity contribution in [3.05, 3.63) is 58.9 Å². The van der Waals surface area contributed by atoms with Crippen LogP contribution in [0, 0.1) is 0 Å². The van der Waals surface area contributed by atoms with E-state index in [0.29, 0.717) is 29.4 Å². The predicted octanol–water partition coefficient (Wildman–Crippen LogP) is 2.87. The molecular weight excluding hydrogens is 376 g/mol. The molecule has 0 saturated carbocycles. The van der Waals surface area contributed by atoms with Gasteiger partial charge < -0.3 is 10.2 Å². The second kappa shape index (κ2) is 7.18. The lowest BCUT2D eigenvalue weighted by Gasteiger charge is -2.46. The number of likely N-dealkylation sites (tertiary alicyclic amines) is 1. The monoisotopic (exact) mass is 398 g/mol. The lowest BCUT2D eigenvalue weighted by molar-refractivity contribution is -0.142. The number of hydrogen-bond acceptors (Lipinski definition) is 4. The lowest BCUT2D eigenvalue weighted by Crippen LogP contribution is -2.61. The van der Waals surface area contributed by atoms with Crippen molar-refractivity contribution < 1.29 is 9.59 Å². The minimum absolute atomic E-state index is 0.00159. The average Bonchev–Trinajstić information content (AvgIpc) is 3.00. The summed E-state index contributed by atoms with van der Waals surface area (Å²) in [5.41, 5.74) is 0.883. The summed E-state index contributed by atoms with van der Waals surface area (Å²) in [5, 5.41) is 3.54. The number of amides is 2. The SMILES string of the molecule is CN(C)C(=O)[C@@H]1CCCCN1C1(c2ccccn2)C(=O)Nc2ccc(Cl)cc21. The van der Waals surface area contributed by atoms with Crippen LogP contribution in [0.3, 0.4) is 0 Å². The van der Waals surface area contributed by atoms with Crippen LogP contribution in [0.15, 0.2) is 42.6 Å². The minimum atomic E-state index is -1.18. The number of nitrogens with zero attached hydrogens (tertiary/aromatic N) is 3. The molecule has 0 radical (unpaired) electrons. The summed E-state index contributed by atoms with van der Waals surface area (Å²) in [6.45, 7) is 0.625. The van der Waals surface area contributed by atoms with E-state index in [-0.39, 0.29) is 11.8 Å². The Kier molecular flexibility index (Phi) is 4.85. The third-order valence-corrected chi connectivity index (χ3v) is 5.88. The van der Waals surface area contributed by atoms with Gasteiger partial charge in [-0.3, -0.25) is 19.5 Å². The molecule has 1 aromatic carbocycles. The molecule has 2 aliphatic rings. The normalized spacial score (nSPS) is 24.5. The van der Waals surface area contributed by atoms with Gasteiger partial charge in [-0.05, 0) is 43.2 Å². The van der Waals surface area contributed by atoms with Crippen LogP contribution in [-0.4, -0.2) is 53.3 Å². The number of halogens is 1. The highest BCUT2D eigenvalue weighted by molar-refractivity contribution is 6.31. The first-order valence-corrected chi connectivity index (χ1v) is 9.85. The van der Waals surface area contributed by atoms with Crippen molar-refractivity contribution in [2.24, 2.45) is 0 Å². The van der Waals surface area contributed by atoms with Gasteiger partial charge in [0.15, 0.2) is 5.54 Å². The fraction of sp³-hybridized carbons (Fsp3) is 0.381. The Hall–Kier alpha value is -2.44. The fourth-order valence-electron chi connectivity index (χ4n) is 4.41. The van der Waals surface area contributed by atoms with Crippen LogP contribution in [-0.2, 0) is 15.1 Å². The van der Waals surface area contributed by atoms with Crippen LogP contribution in [0.5, 0.6) is 0 Å². The number of carbonyl (C=O) groups excluding carboxylic acids is 2. The molecule has 2 aromatic rings. The van der Waals surface area contributed by atoms with Crippen LogP contribution in [0.1, 0.15) is 30.5 Å². The standard InChI is InChI=1S/C21H23ClN4O2/c1-25(2)19(27)17-7-4-6-12-26(17)21(18-8-3-5-11-23-18)15-13-14(22)9-10-16(15)24-20(21)28/h3,5,8-11,13,17H,4,6-7,12H2,1-2H3,(H,24,28)/t17-,21?/m0/s1. The minimum Gasteiger partial charge on any atom is -0.347 e. The molecule has 2 amide bonds. The first kappa shape index (κ1) is 18.9. The summed E-state index contributed by atoms with van der Waals surface area (Å²) in [6, 6.07) is 10.5. The van der Waals surface area contributed by atoms with Gasteiger partial charge in [-0.2, -0.15) is 0 Å². The number of hydrogen-bond donors (Lipinski definition) is 1. The van der Waals surface area contributed by atoms with Gasteiger partial charge in [0.05, 0.1) is 11.7 Å². The van der Waals surface area contributed by atoms with Crippen molar-refractivity contribution in [2.75, 3.05) is 26.0 Å². The van der Waals surface area contributed by atoms with Crippen LogP contribution in [0.4, 0.5) is 5.69 Å². The second-order valence-electron chi connectivity index (χ2n) is 7.51. The third-order valence-electron chi connectivity index (χ3n) is 5.64. The Balaban J connectivity index is 1.97. The van der Waals surface area contributed by atoms with Crippen molar-refractivity contribution in [3.8, 4) is 0 Å². The molecule has 0 spiro atoms. The number of nitrogens with one attached hydrogen (secondary N) is 1. The van der Waals surface area contributed by atoms with Crippen LogP contribution in [0.25, 0.3) is 0 Å². The van der Waals surface area contributed by atoms with E-state index < -0.39 is 11.6 Å². The van der Waals surface area contributed by atoms with E-state index in [0.717, 1.165) is 18.4 Å². The highest BCUT2D eigenvalue weighted by atomic mass is 35.5. The smallest absolute Gasteiger partial charge is 0.255 e. The van der Waals surface area contributed by atoms with Gasteiger partial charge in [-0.15, -0.1) is 0 Å². The number of carbonyl (C=O) groups is 2. The van der Waals surface area contributed by atoms with E-state index in [2.05, 4.69) is 10.3 Å². The predicted molar refractivity (Wildman–Crippen MR) is 108 cm³/mol. The molecular formula is C21H23ClN4O2. The quantitative estimate of drug-likeness (QED) is 0.863. The molecule has 1 unspecified atom stereocenters. The highest BCUT2D eigenvalue weighted by Gasteiger charge is 2.57. The molecule has 2 atom stereocenters. The van der Waals surface area contributed by atoms with Gasteiger partial charge in [-0.25, -0.2) is 0 Å². The molecule has 7 heteroatoms. The zero-order valence-electron chi connectivity index (χ0n) is 16.0. The fourth-order valence-corrected chi connectivity index (χ4v) is 4.58. The van der Waals surface area contributed by atoms with Gasteiger partial charge >= 0.3 is 0 Å². The van der Waals surface area contributed by atoms with Crippen molar-refractivity contribution in [2.45, 2.75) is 30.8 Å². The number of benzene rings is 1. The molecule has 146 valence electrons. The number of piperidine rings is 1. The topological polar surface area (TPSA) is 65.5 Å². The van der Waals surface area contributed by atoms with Crippen LogP contribution < -0.4 is 5.32 Å². The summed E-state index contributed by atoms with van der Waals surface area (Å²) in [4.78, 5) is 34.8. The Morgan fingerprint density at radius 2 is 2.11 bits per heavy atom. The van der Waals surface area contributed by atoms with Gasteiger partial charge in [0, 0.05) is 43.1 Å². The first-order valence-electron chi connectivity index (χ1n) is 9.47. The summed E-state index contributed by atoms with van der Waals surface area (Å²) in [5.74, 6) is -0.194. The molecule has 6 nitrogen and oxygen atoms in total. The van der Waals surface area contributed by atoms with Crippen LogP contribution in [0.2, 0.25) is 5.02 Å².